The van der Waals surface area contributed by atoms with Crippen LogP contribution in [0.4, 0.5) is 0 Å². The predicted molar refractivity (Wildman–Crippen MR) is 139 cm³/mol. The first-order valence-corrected chi connectivity index (χ1v) is 13.0. The van der Waals surface area contributed by atoms with Gasteiger partial charge in [-0.3, -0.25) is 4.79 Å². The van der Waals surface area contributed by atoms with E-state index in [0.29, 0.717) is 35.2 Å². The molecular formula is C28H30N4O6. The third-order valence-electron chi connectivity index (χ3n) is 7.83. The summed E-state index contributed by atoms with van der Waals surface area (Å²) < 4.78 is 7.73. The number of carboxylic acid groups (broad SMARTS) is 1. The van der Waals surface area contributed by atoms with Crippen molar-refractivity contribution in [3.05, 3.63) is 59.5 Å². The van der Waals surface area contributed by atoms with Gasteiger partial charge in [-0.05, 0) is 67.6 Å². The van der Waals surface area contributed by atoms with Crippen LogP contribution in [-0.2, 0) is 16.0 Å². The van der Waals surface area contributed by atoms with Crippen molar-refractivity contribution in [1.82, 2.24) is 19.9 Å². The number of nitrogens with one attached hydrogen (secondary N) is 2. The zero-order valence-electron chi connectivity index (χ0n) is 20.8. The van der Waals surface area contributed by atoms with Gasteiger partial charge in [-0.25, -0.2) is 9.78 Å². The molecule has 1 saturated heterocycles. The Balaban J connectivity index is 1.28. The molecule has 4 aromatic rings. The second kappa shape index (κ2) is 9.77. The minimum atomic E-state index is -1.17. The van der Waals surface area contributed by atoms with E-state index in [4.69, 9.17) is 9.72 Å². The lowest BCUT2D eigenvalue weighted by Crippen LogP contribution is -2.42. The Hall–Kier alpha value is -3.89. The molecule has 0 bridgehead atoms. The smallest absolute Gasteiger partial charge is 0.326 e. The molecule has 6 rings (SSSR count). The highest BCUT2D eigenvalue weighted by Crippen LogP contribution is 2.38. The number of benzene rings is 2. The average molecular weight is 519 g/mol. The third-order valence-corrected chi connectivity index (χ3v) is 7.83. The van der Waals surface area contributed by atoms with Gasteiger partial charge in [0.05, 0.1) is 29.8 Å². The second-order valence-electron chi connectivity index (χ2n) is 10.3. The van der Waals surface area contributed by atoms with Crippen molar-refractivity contribution in [1.29, 1.82) is 0 Å². The fraction of sp³-hybridized carbons (Fsp3) is 0.393. The molecule has 38 heavy (non-hydrogen) atoms. The summed E-state index contributed by atoms with van der Waals surface area (Å²) in [4.78, 5) is 33.2. The number of hydrogen-bond donors (Lipinski definition) is 5. The number of nitrogens with zero attached hydrogens (tertiary/aromatic N) is 2. The number of hydrogen-bond acceptors (Lipinski definition) is 6. The molecule has 2 fully saturated rings. The molecule has 1 aliphatic carbocycles. The van der Waals surface area contributed by atoms with Gasteiger partial charge in [0.15, 0.2) is 0 Å². The van der Waals surface area contributed by atoms with E-state index < -0.39 is 24.0 Å². The molecule has 5 N–H and O–H groups in total. The third kappa shape index (κ3) is 4.39. The van der Waals surface area contributed by atoms with E-state index in [1.54, 1.807) is 36.5 Å². The van der Waals surface area contributed by atoms with Gasteiger partial charge in [-0.15, -0.1) is 0 Å². The minimum absolute atomic E-state index is 0.0484. The van der Waals surface area contributed by atoms with Crippen LogP contribution < -0.4 is 5.32 Å². The van der Waals surface area contributed by atoms with Crippen LogP contribution in [0.3, 0.4) is 0 Å². The van der Waals surface area contributed by atoms with Crippen LogP contribution in [0, 0.1) is 0 Å². The van der Waals surface area contributed by atoms with Gasteiger partial charge in [0.2, 0.25) is 0 Å². The summed E-state index contributed by atoms with van der Waals surface area (Å²) in [7, 11) is 0. The first-order chi connectivity index (χ1) is 18.4. The maximum Gasteiger partial charge on any atom is 0.326 e. The van der Waals surface area contributed by atoms with E-state index in [2.05, 4.69) is 14.9 Å². The Morgan fingerprint density at radius 2 is 2.05 bits per heavy atom. The van der Waals surface area contributed by atoms with Crippen LogP contribution in [0.2, 0.25) is 0 Å². The standard InChI is InChI=1S/C28H30N4O6/c33-18-5-6-20-19(12-18)17(13-29-20)11-22(28(36)37)31-27(35)15-4-7-23-21(10-15)30-26(16-8-9-38-14-16)32(23)24-2-1-3-25(24)34/h4-7,10,12-13,16,22,24-25,29,33-34H,1-3,8-9,11,14H2,(H,31,35)(H,36,37)/t16?,22-,24-,25-/m0/s1. The van der Waals surface area contributed by atoms with Crippen molar-refractivity contribution in [2.75, 3.05) is 13.2 Å². The highest BCUT2D eigenvalue weighted by molar-refractivity contribution is 5.99. The number of carbonyl (C=O) groups is 2. The number of aromatic amines is 1. The minimum Gasteiger partial charge on any atom is -0.508 e. The second-order valence-corrected chi connectivity index (χ2v) is 10.3. The topological polar surface area (TPSA) is 150 Å². The summed E-state index contributed by atoms with van der Waals surface area (Å²) in [6, 6.07) is 8.79. The first-order valence-electron chi connectivity index (χ1n) is 13.0. The summed E-state index contributed by atoms with van der Waals surface area (Å²) in [5.41, 5.74) is 3.24. The zero-order chi connectivity index (χ0) is 26.4. The van der Waals surface area contributed by atoms with Gasteiger partial charge in [-0.2, -0.15) is 0 Å². The summed E-state index contributed by atoms with van der Waals surface area (Å²) in [5, 5.41) is 33.7. The van der Waals surface area contributed by atoms with E-state index in [9.17, 15) is 24.9 Å². The lowest BCUT2D eigenvalue weighted by molar-refractivity contribution is -0.139. The predicted octanol–water partition coefficient (Wildman–Crippen LogP) is 3.24. The number of aromatic nitrogens is 3. The van der Waals surface area contributed by atoms with Crippen LogP contribution in [0.5, 0.6) is 5.75 Å². The van der Waals surface area contributed by atoms with Gasteiger partial charge in [-0.1, -0.05) is 0 Å². The molecule has 1 amide bonds. The number of aromatic hydroxyl groups is 1. The molecule has 3 heterocycles. The summed E-state index contributed by atoms with van der Waals surface area (Å²) in [5.74, 6) is -0.595. The number of carbonyl (C=O) groups excluding carboxylic acids is 1. The number of phenols is 1. The number of aliphatic hydroxyl groups excluding tert-OH is 1. The van der Waals surface area contributed by atoms with Crippen molar-refractivity contribution in [2.45, 2.75) is 56.2 Å². The molecule has 2 aromatic heterocycles. The van der Waals surface area contributed by atoms with Crippen LogP contribution in [0.15, 0.2) is 42.6 Å². The number of aliphatic carboxylic acids is 1. The fourth-order valence-corrected chi connectivity index (χ4v) is 5.85. The van der Waals surface area contributed by atoms with Gasteiger partial charge in [0.1, 0.15) is 17.6 Å². The molecule has 198 valence electrons. The van der Waals surface area contributed by atoms with E-state index in [1.165, 1.54) is 0 Å². The lowest BCUT2D eigenvalue weighted by Gasteiger charge is -2.22. The molecule has 1 saturated carbocycles. The number of ether oxygens (including phenoxy) is 1. The molecule has 0 radical (unpaired) electrons. The van der Waals surface area contributed by atoms with E-state index in [-0.39, 0.29) is 24.1 Å². The van der Waals surface area contributed by atoms with Crippen molar-refractivity contribution in [3.8, 4) is 5.75 Å². The number of H-pyrrole nitrogens is 1. The van der Waals surface area contributed by atoms with Crippen LogP contribution >= 0.6 is 0 Å². The molecule has 2 aromatic carbocycles. The SMILES string of the molecule is O=C(N[C@@H](Cc1c[nH]c2ccc(O)cc12)C(=O)O)c1ccc2c(c1)nc(C1CCOC1)n2[C@H]1CCC[C@@H]1O. The lowest BCUT2D eigenvalue weighted by atomic mass is 10.0. The van der Waals surface area contributed by atoms with Gasteiger partial charge in [0, 0.05) is 41.6 Å². The Bertz CT molecular complexity index is 1520. The first kappa shape index (κ1) is 24.4. The van der Waals surface area contributed by atoms with Crippen molar-refractivity contribution < 1.29 is 29.6 Å². The van der Waals surface area contributed by atoms with Gasteiger partial charge in [0.25, 0.3) is 5.91 Å². The number of aliphatic hydroxyl groups is 1. The number of carboxylic acids is 1. The van der Waals surface area contributed by atoms with E-state index in [0.717, 1.165) is 42.5 Å². The maximum absolute atomic E-state index is 13.2. The van der Waals surface area contributed by atoms with Crippen LogP contribution in [-0.4, -0.2) is 67.1 Å². The normalized spacial score (nSPS) is 22.3. The molecule has 10 heteroatoms. The van der Waals surface area contributed by atoms with Gasteiger partial charge >= 0.3 is 5.97 Å². The van der Waals surface area contributed by atoms with Gasteiger partial charge < -0.3 is 34.9 Å². The molecule has 0 spiro atoms. The number of fused-ring (bicyclic) bond motifs is 2. The Morgan fingerprint density at radius 1 is 1.18 bits per heavy atom. The zero-order valence-corrected chi connectivity index (χ0v) is 20.8. The Labute approximate surface area is 218 Å². The van der Waals surface area contributed by atoms with E-state index in [1.807, 2.05) is 6.07 Å². The van der Waals surface area contributed by atoms with Crippen molar-refractivity contribution in [2.24, 2.45) is 0 Å². The van der Waals surface area contributed by atoms with E-state index >= 15 is 0 Å². The largest absolute Gasteiger partial charge is 0.508 e. The summed E-state index contributed by atoms with van der Waals surface area (Å²) in [6.45, 7) is 1.24. The Kier molecular flexibility index (Phi) is 6.29. The molecule has 1 unspecified atom stereocenters. The van der Waals surface area contributed by atoms with Crippen LogP contribution in [0.1, 0.15) is 59.4 Å². The summed E-state index contributed by atoms with van der Waals surface area (Å²) in [6.07, 6.45) is 4.70. The number of imidazole rings is 1. The van der Waals surface area contributed by atoms with Crippen molar-refractivity contribution in [3.63, 3.8) is 0 Å². The number of amides is 1. The van der Waals surface area contributed by atoms with Crippen molar-refractivity contribution >= 4 is 33.8 Å². The van der Waals surface area contributed by atoms with Crippen LogP contribution in [0.25, 0.3) is 21.9 Å². The summed E-state index contributed by atoms with van der Waals surface area (Å²) >= 11 is 0. The fourth-order valence-electron chi connectivity index (χ4n) is 5.85. The highest BCUT2D eigenvalue weighted by atomic mass is 16.5. The molecule has 10 nitrogen and oxygen atoms in total. The monoisotopic (exact) mass is 518 g/mol. The number of rotatable bonds is 7. The maximum atomic E-state index is 13.2. The molecule has 4 atom stereocenters. The number of phenolic OH excluding ortho intramolecular Hbond substituents is 1. The average Bonchev–Trinajstić information content (AvgIpc) is 3.69. The molecular weight excluding hydrogens is 488 g/mol. The molecule has 1 aliphatic heterocycles. The quantitative estimate of drug-likeness (QED) is 0.252. The highest BCUT2D eigenvalue weighted by Gasteiger charge is 2.33. The Morgan fingerprint density at radius 3 is 2.79 bits per heavy atom. The molecule has 2 aliphatic rings.